The number of H-pyrrole nitrogens is 1. The number of amides is 2. The topological polar surface area (TPSA) is 78.8 Å². The first-order valence-corrected chi connectivity index (χ1v) is 10.6. The van der Waals surface area contributed by atoms with E-state index in [1.54, 1.807) is 6.20 Å². The molecule has 0 atom stereocenters. The maximum Gasteiger partial charge on any atom is 0.323 e. The van der Waals surface area contributed by atoms with Gasteiger partial charge in [0.05, 0.1) is 4.88 Å². The van der Waals surface area contributed by atoms with E-state index in [9.17, 15) is 4.79 Å². The molecule has 2 amide bonds. The molecule has 1 aliphatic rings. The number of aromatic nitrogens is 4. The normalized spacial score (nSPS) is 15.0. The van der Waals surface area contributed by atoms with Crippen molar-refractivity contribution in [2.45, 2.75) is 32.2 Å². The quantitative estimate of drug-likeness (QED) is 0.616. The van der Waals surface area contributed by atoms with Gasteiger partial charge in [-0.1, -0.05) is 41.7 Å². The van der Waals surface area contributed by atoms with Gasteiger partial charge in [-0.25, -0.2) is 9.78 Å². The van der Waals surface area contributed by atoms with Crippen molar-refractivity contribution in [1.29, 1.82) is 0 Å². The highest BCUT2D eigenvalue weighted by molar-refractivity contribution is 7.71. The van der Waals surface area contributed by atoms with Crippen molar-refractivity contribution in [2.24, 2.45) is 0 Å². The van der Waals surface area contributed by atoms with Gasteiger partial charge in [-0.15, -0.1) is 0 Å². The van der Waals surface area contributed by atoms with Gasteiger partial charge in [-0.05, 0) is 37.5 Å². The lowest BCUT2D eigenvalue weighted by Gasteiger charge is -2.31. The predicted octanol–water partition coefficient (Wildman–Crippen LogP) is 4.50. The van der Waals surface area contributed by atoms with Gasteiger partial charge in [0.2, 0.25) is 0 Å². The number of thiazole rings is 1. The molecule has 0 spiro atoms. The molecule has 2 aromatic heterocycles. The lowest BCUT2D eigenvalue weighted by atomic mass is 9.96. The summed E-state index contributed by atoms with van der Waals surface area (Å²) in [5.74, 6) is 1.32. The molecule has 4 rings (SSSR count). The monoisotopic (exact) mass is 414 g/mol. The Morgan fingerprint density at radius 2 is 2.07 bits per heavy atom. The molecule has 0 radical (unpaired) electrons. The summed E-state index contributed by atoms with van der Waals surface area (Å²) in [5.41, 5.74) is 1.10. The maximum atomic E-state index is 12.6. The summed E-state index contributed by atoms with van der Waals surface area (Å²) >= 11 is 6.77. The Morgan fingerprint density at radius 3 is 2.79 bits per heavy atom. The number of nitrogens with one attached hydrogen (secondary N) is 2. The highest BCUT2D eigenvalue weighted by Crippen LogP contribution is 2.30. The minimum Gasteiger partial charge on any atom is -0.324 e. The molecule has 146 valence electrons. The van der Waals surface area contributed by atoms with Crippen LogP contribution < -0.4 is 5.32 Å². The van der Waals surface area contributed by atoms with Crippen molar-refractivity contribution >= 4 is 34.7 Å². The number of carbonyl (C=O) groups is 1. The minimum absolute atomic E-state index is 0.0956. The number of hydrogen-bond acceptors (Lipinski definition) is 5. The van der Waals surface area contributed by atoms with Crippen molar-refractivity contribution in [3.05, 3.63) is 47.1 Å². The van der Waals surface area contributed by atoms with Crippen molar-refractivity contribution in [1.82, 2.24) is 24.6 Å². The van der Waals surface area contributed by atoms with Gasteiger partial charge in [0, 0.05) is 31.7 Å². The van der Waals surface area contributed by atoms with E-state index < -0.39 is 0 Å². The van der Waals surface area contributed by atoms with Crippen LogP contribution in [0.25, 0.3) is 10.4 Å². The van der Waals surface area contributed by atoms with Crippen LogP contribution in [0.5, 0.6) is 0 Å². The van der Waals surface area contributed by atoms with Gasteiger partial charge in [-0.3, -0.25) is 10.4 Å². The molecule has 0 bridgehead atoms. The van der Waals surface area contributed by atoms with Gasteiger partial charge in [0.25, 0.3) is 0 Å². The van der Waals surface area contributed by atoms with Gasteiger partial charge in [0.15, 0.2) is 9.90 Å². The van der Waals surface area contributed by atoms with Crippen LogP contribution in [0, 0.1) is 4.77 Å². The summed E-state index contributed by atoms with van der Waals surface area (Å²) in [4.78, 5) is 19.9. The fraction of sp³-hybridized carbons (Fsp3) is 0.368. The minimum atomic E-state index is -0.0956. The van der Waals surface area contributed by atoms with E-state index in [0.29, 0.717) is 28.9 Å². The second-order valence-corrected chi connectivity index (χ2v) is 8.14. The molecule has 1 fully saturated rings. The molecule has 9 heteroatoms. The van der Waals surface area contributed by atoms with Gasteiger partial charge in [-0.2, -0.15) is 5.10 Å². The highest BCUT2D eigenvalue weighted by atomic mass is 32.1. The Hall–Kier alpha value is -2.52. The fourth-order valence-corrected chi connectivity index (χ4v) is 4.61. The fourth-order valence-electron chi connectivity index (χ4n) is 3.53. The Labute approximate surface area is 172 Å². The lowest BCUT2D eigenvalue weighted by molar-refractivity contribution is 0.193. The smallest absolute Gasteiger partial charge is 0.323 e. The zero-order chi connectivity index (χ0) is 19.5. The number of hydrogen-bond donors (Lipinski definition) is 2. The largest absolute Gasteiger partial charge is 0.324 e. The lowest BCUT2D eigenvalue weighted by Crippen LogP contribution is -2.40. The molecule has 3 heterocycles. The van der Waals surface area contributed by atoms with Crippen molar-refractivity contribution in [2.75, 3.05) is 18.4 Å². The summed E-state index contributed by atoms with van der Waals surface area (Å²) in [6.07, 6.45) is 3.55. The molecule has 0 aliphatic carbocycles. The molecular formula is C19H22N6OS2. The van der Waals surface area contributed by atoms with E-state index in [4.69, 9.17) is 12.2 Å². The van der Waals surface area contributed by atoms with Crippen LogP contribution in [0.2, 0.25) is 0 Å². The van der Waals surface area contributed by atoms with E-state index in [1.807, 2.05) is 39.8 Å². The van der Waals surface area contributed by atoms with Gasteiger partial charge >= 0.3 is 6.03 Å². The number of urea groups is 1. The van der Waals surface area contributed by atoms with Crippen LogP contribution in [0.1, 0.15) is 31.5 Å². The molecule has 2 N–H and O–H groups in total. The number of nitrogens with zero attached hydrogens (tertiary/aromatic N) is 4. The SMILES string of the molecule is CCn1c(C2CCN(C(=O)Nc3ncc(-c4ccccc4)s3)CC2)n[nH]c1=S. The molecule has 0 saturated carbocycles. The van der Waals surface area contributed by atoms with E-state index in [0.717, 1.165) is 35.7 Å². The third kappa shape index (κ3) is 3.85. The Morgan fingerprint density at radius 1 is 1.32 bits per heavy atom. The first-order chi connectivity index (χ1) is 13.7. The molecule has 1 aliphatic heterocycles. The van der Waals surface area contributed by atoms with Gasteiger partial charge < -0.3 is 9.47 Å². The molecule has 1 saturated heterocycles. The summed E-state index contributed by atoms with van der Waals surface area (Å²) in [6.45, 7) is 4.25. The average molecular weight is 415 g/mol. The second-order valence-electron chi connectivity index (χ2n) is 6.72. The molecule has 7 nitrogen and oxygen atoms in total. The van der Waals surface area contributed by atoms with Crippen LogP contribution in [-0.2, 0) is 6.54 Å². The summed E-state index contributed by atoms with van der Waals surface area (Å²) < 4.78 is 2.70. The number of aromatic amines is 1. The maximum absolute atomic E-state index is 12.6. The van der Waals surface area contributed by atoms with E-state index in [-0.39, 0.29) is 6.03 Å². The molecular weight excluding hydrogens is 392 g/mol. The summed E-state index contributed by atoms with van der Waals surface area (Å²) in [5, 5.41) is 10.8. The molecule has 0 unspecified atom stereocenters. The third-order valence-electron chi connectivity index (χ3n) is 5.03. The Bertz CT molecular complexity index is 1000. The van der Waals surface area contributed by atoms with Crippen molar-refractivity contribution in [3.63, 3.8) is 0 Å². The number of carbonyl (C=O) groups excluding carboxylic acids is 1. The summed E-state index contributed by atoms with van der Waals surface area (Å²) in [7, 11) is 0. The van der Waals surface area contributed by atoms with Crippen LogP contribution in [0.4, 0.5) is 9.93 Å². The van der Waals surface area contributed by atoms with Crippen LogP contribution >= 0.6 is 23.6 Å². The van der Waals surface area contributed by atoms with Crippen molar-refractivity contribution < 1.29 is 4.79 Å². The van der Waals surface area contributed by atoms with Gasteiger partial charge in [0.1, 0.15) is 5.82 Å². The van der Waals surface area contributed by atoms with Crippen LogP contribution in [-0.4, -0.2) is 43.8 Å². The Balaban J connectivity index is 1.36. The predicted molar refractivity (Wildman–Crippen MR) is 113 cm³/mol. The standard InChI is InChI=1S/C19H22N6OS2/c1-2-25-16(22-23-19(25)27)14-8-10-24(11-9-14)18(26)21-17-20-12-15(28-17)13-6-4-3-5-7-13/h3-7,12,14H,2,8-11H2,1H3,(H,23,27)(H,20,21,26). The average Bonchev–Trinajstić information content (AvgIpc) is 3.35. The van der Waals surface area contributed by atoms with E-state index in [2.05, 4.69) is 27.4 Å². The first-order valence-electron chi connectivity index (χ1n) is 9.38. The number of rotatable bonds is 4. The second kappa shape index (κ2) is 8.24. The Kier molecular flexibility index (Phi) is 5.54. The van der Waals surface area contributed by atoms with Crippen molar-refractivity contribution in [3.8, 4) is 10.4 Å². The first kappa shape index (κ1) is 18.8. The zero-order valence-electron chi connectivity index (χ0n) is 15.6. The zero-order valence-corrected chi connectivity index (χ0v) is 17.2. The number of benzene rings is 1. The number of likely N-dealkylation sites (tertiary alicyclic amines) is 1. The molecule has 3 aromatic rings. The van der Waals surface area contributed by atoms with E-state index >= 15 is 0 Å². The van der Waals surface area contributed by atoms with Crippen LogP contribution in [0.3, 0.4) is 0 Å². The van der Waals surface area contributed by atoms with E-state index in [1.165, 1.54) is 11.3 Å². The summed E-state index contributed by atoms with van der Waals surface area (Å²) in [6, 6.07) is 9.95. The number of piperidine rings is 1. The number of anilines is 1. The third-order valence-corrected chi connectivity index (χ3v) is 6.30. The molecule has 28 heavy (non-hydrogen) atoms. The molecule has 1 aromatic carbocycles. The van der Waals surface area contributed by atoms with Crippen LogP contribution in [0.15, 0.2) is 36.5 Å². The highest BCUT2D eigenvalue weighted by Gasteiger charge is 2.27.